The Morgan fingerprint density at radius 2 is 2.17 bits per heavy atom. The number of anilines is 1. The first-order chi connectivity index (χ1) is 11.3. The van der Waals surface area contributed by atoms with E-state index in [1.807, 2.05) is 36.0 Å². The second-order valence-electron chi connectivity index (χ2n) is 5.96. The second-order valence-corrected chi connectivity index (χ2v) is 7.18. The van der Waals surface area contributed by atoms with Crippen molar-refractivity contribution >= 4 is 23.5 Å². The van der Waals surface area contributed by atoms with E-state index in [1.165, 1.54) is 0 Å². The first kappa shape index (κ1) is 16.5. The molecule has 2 saturated heterocycles. The molecule has 6 heteroatoms. The third-order valence-corrected chi connectivity index (χ3v) is 5.16. The molecule has 23 heavy (non-hydrogen) atoms. The lowest BCUT2D eigenvalue weighted by molar-refractivity contribution is 0.0680. The minimum Gasteiger partial charge on any atom is -0.491 e. The van der Waals surface area contributed by atoms with Crippen LogP contribution in [0.2, 0.25) is 0 Å². The van der Waals surface area contributed by atoms with Crippen molar-refractivity contribution in [3.63, 3.8) is 0 Å². The highest BCUT2D eigenvalue weighted by molar-refractivity contribution is 7.99. The van der Waals surface area contributed by atoms with Gasteiger partial charge in [-0.2, -0.15) is 11.8 Å². The van der Waals surface area contributed by atoms with Crippen molar-refractivity contribution in [2.24, 2.45) is 0 Å². The van der Waals surface area contributed by atoms with E-state index < -0.39 is 0 Å². The van der Waals surface area contributed by atoms with E-state index >= 15 is 0 Å². The van der Waals surface area contributed by atoms with Crippen LogP contribution in [-0.2, 0) is 4.74 Å². The van der Waals surface area contributed by atoms with Crippen molar-refractivity contribution in [3.8, 4) is 5.75 Å². The van der Waals surface area contributed by atoms with Crippen LogP contribution in [0.5, 0.6) is 5.75 Å². The Kier molecular flexibility index (Phi) is 6.05. The Bertz CT molecular complexity index is 514. The Morgan fingerprint density at radius 3 is 2.96 bits per heavy atom. The quantitative estimate of drug-likeness (QED) is 0.866. The van der Waals surface area contributed by atoms with Crippen LogP contribution < -0.4 is 15.4 Å². The van der Waals surface area contributed by atoms with Gasteiger partial charge in [0, 0.05) is 24.4 Å². The average molecular weight is 336 g/mol. The number of thioether (sulfide) groups is 1. The fraction of sp³-hybridized carbons (Fsp3) is 0.588. The maximum absolute atomic E-state index is 12.1. The lowest BCUT2D eigenvalue weighted by Crippen LogP contribution is -2.39. The third-order valence-electron chi connectivity index (χ3n) is 4.11. The zero-order valence-electron chi connectivity index (χ0n) is 13.3. The van der Waals surface area contributed by atoms with Gasteiger partial charge in [-0.3, -0.25) is 0 Å². The van der Waals surface area contributed by atoms with Gasteiger partial charge >= 0.3 is 6.03 Å². The lowest BCUT2D eigenvalue weighted by atomic mass is 10.2. The van der Waals surface area contributed by atoms with Crippen molar-refractivity contribution in [1.82, 2.24) is 5.32 Å². The van der Waals surface area contributed by atoms with E-state index in [-0.39, 0.29) is 18.2 Å². The highest BCUT2D eigenvalue weighted by Crippen LogP contribution is 2.20. The van der Waals surface area contributed by atoms with Gasteiger partial charge in [-0.1, -0.05) is 6.07 Å². The van der Waals surface area contributed by atoms with Gasteiger partial charge in [-0.05, 0) is 49.3 Å². The van der Waals surface area contributed by atoms with E-state index in [4.69, 9.17) is 9.47 Å². The summed E-state index contributed by atoms with van der Waals surface area (Å²) in [6, 6.07) is 7.66. The molecular weight excluding hydrogens is 312 g/mol. The molecule has 0 aromatic heterocycles. The predicted octanol–water partition coefficient (Wildman–Crippen LogP) is 3.26. The molecule has 0 unspecified atom stereocenters. The molecule has 5 nitrogen and oxygen atoms in total. The molecule has 1 aromatic carbocycles. The molecule has 1 aromatic rings. The highest BCUT2D eigenvalue weighted by atomic mass is 32.2. The van der Waals surface area contributed by atoms with Crippen LogP contribution >= 0.6 is 11.8 Å². The second kappa shape index (κ2) is 8.45. The summed E-state index contributed by atoms with van der Waals surface area (Å²) in [5, 5.41) is 5.93. The maximum atomic E-state index is 12.1. The van der Waals surface area contributed by atoms with E-state index in [9.17, 15) is 4.79 Å². The fourth-order valence-corrected chi connectivity index (χ4v) is 3.93. The average Bonchev–Trinajstić information content (AvgIpc) is 3.07. The summed E-state index contributed by atoms with van der Waals surface area (Å²) in [4.78, 5) is 12.1. The summed E-state index contributed by atoms with van der Waals surface area (Å²) in [6.07, 6.45) is 4.44. The van der Waals surface area contributed by atoms with Gasteiger partial charge in [0.25, 0.3) is 0 Å². The van der Waals surface area contributed by atoms with E-state index in [0.717, 1.165) is 55.2 Å². The van der Waals surface area contributed by atoms with Crippen molar-refractivity contribution in [1.29, 1.82) is 0 Å². The number of benzene rings is 1. The summed E-state index contributed by atoms with van der Waals surface area (Å²) in [7, 11) is 0. The molecule has 3 rings (SSSR count). The summed E-state index contributed by atoms with van der Waals surface area (Å²) in [6.45, 7) is 1.39. The van der Waals surface area contributed by atoms with Crippen LogP contribution in [0, 0.1) is 0 Å². The molecule has 2 heterocycles. The molecule has 2 N–H and O–H groups in total. The van der Waals surface area contributed by atoms with Crippen LogP contribution in [0.4, 0.5) is 10.5 Å². The van der Waals surface area contributed by atoms with Crippen molar-refractivity contribution in [2.45, 2.75) is 37.8 Å². The Hall–Kier alpha value is -1.40. The molecule has 126 valence electrons. The SMILES string of the molecule is O=C(Nc1cccc(OC[C@H]2CCCO2)c1)NC1CCSCC1. The fourth-order valence-electron chi connectivity index (χ4n) is 2.82. The van der Waals surface area contributed by atoms with Gasteiger partial charge in [0.15, 0.2) is 0 Å². The standard InChI is InChI=1S/C17H24N2O3S/c20-17(18-13-6-9-23-10-7-13)19-14-3-1-4-15(11-14)22-12-16-5-2-8-21-16/h1,3-4,11,13,16H,2,5-10,12H2,(H2,18,19,20)/t16-/m1/s1. The predicted molar refractivity (Wildman–Crippen MR) is 93.4 cm³/mol. The van der Waals surface area contributed by atoms with Gasteiger partial charge in [0.05, 0.1) is 6.10 Å². The number of urea groups is 1. The van der Waals surface area contributed by atoms with Gasteiger partial charge < -0.3 is 20.1 Å². The number of hydrogen-bond donors (Lipinski definition) is 2. The van der Waals surface area contributed by atoms with Crippen molar-refractivity contribution < 1.29 is 14.3 Å². The number of carbonyl (C=O) groups excluding carboxylic acids is 1. The van der Waals surface area contributed by atoms with E-state index in [2.05, 4.69) is 10.6 Å². The Morgan fingerprint density at radius 1 is 1.30 bits per heavy atom. The smallest absolute Gasteiger partial charge is 0.319 e. The number of amides is 2. The number of nitrogens with one attached hydrogen (secondary N) is 2. The number of carbonyl (C=O) groups is 1. The van der Waals surface area contributed by atoms with E-state index in [1.54, 1.807) is 0 Å². The normalized spacial score (nSPS) is 21.8. The number of ether oxygens (including phenoxy) is 2. The minimum absolute atomic E-state index is 0.141. The zero-order valence-corrected chi connectivity index (χ0v) is 14.1. The largest absolute Gasteiger partial charge is 0.491 e. The third kappa shape index (κ3) is 5.32. The highest BCUT2D eigenvalue weighted by Gasteiger charge is 2.17. The molecule has 0 bridgehead atoms. The van der Waals surface area contributed by atoms with Crippen LogP contribution in [0.25, 0.3) is 0 Å². The van der Waals surface area contributed by atoms with Crippen molar-refractivity contribution in [3.05, 3.63) is 24.3 Å². The molecule has 1 atom stereocenters. The number of rotatable bonds is 5. The molecule has 2 fully saturated rings. The summed E-state index contributed by atoms with van der Waals surface area (Å²) < 4.78 is 11.3. The van der Waals surface area contributed by atoms with Crippen LogP contribution in [-0.4, -0.2) is 42.9 Å². The van der Waals surface area contributed by atoms with Gasteiger partial charge in [-0.15, -0.1) is 0 Å². The first-order valence-corrected chi connectivity index (χ1v) is 9.45. The van der Waals surface area contributed by atoms with Crippen LogP contribution in [0.1, 0.15) is 25.7 Å². The lowest BCUT2D eigenvalue weighted by Gasteiger charge is -2.22. The molecule has 0 saturated carbocycles. The summed E-state index contributed by atoms with van der Waals surface area (Å²) in [5.74, 6) is 3.00. The summed E-state index contributed by atoms with van der Waals surface area (Å²) >= 11 is 1.95. The van der Waals surface area contributed by atoms with Gasteiger partial charge in [-0.25, -0.2) is 4.79 Å². The molecule has 2 amide bonds. The molecule has 2 aliphatic heterocycles. The van der Waals surface area contributed by atoms with Crippen LogP contribution in [0.3, 0.4) is 0 Å². The first-order valence-electron chi connectivity index (χ1n) is 8.29. The molecule has 2 aliphatic rings. The Labute approximate surface area is 141 Å². The number of hydrogen-bond acceptors (Lipinski definition) is 4. The molecule has 0 spiro atoms. The molecule has 0 radical (unpaired) electrons. The summed E-state index contributed by atoms with van der Waals surface area (Å²) in [5.41, 5.74) is 0.748. The van der Waals surface area contributed by atoms with Crippen LogP contribution in [0.15, 0.2) is 24.3 Å². The Balaban J connectivity index is 1.47. The van der Waals surface area contributed by atoms with E-state index in [0.29, 0.717) is 6.61 Å². The van der Waals surface area contributed by atoms with Gasteiger partial charge in [0.2, 0.25) is 0 Å². The monoisotopic (exact) mass is 336 g/mol. The topological polar surface area (TPSA) is 59.6 Å². The van der Waals surface area contributed by atoms with Crippen molar-refractivity contribution in [2.75, 3.05) is 30.0 Å². The molecular formula is C17H24N2O3S. The zero-order chi connectivity index (χ0) is 15.9. The molecule has 0 aliphatic carbocycles. The van der Waals surface area contributed by atoms with Gasteiger partial charge in [0.1, 0.15) is 12.4 Å². The minimum atomic E-state index is -0.141. The maximum Gasteiger partial charge on any atom is 0.319 e.